The third kappa shape index (κ3) is 44.1. The Labute approximate surface area is 372 Å². The second kappa shape index (κ2) is 41.2. The topological polar surface area (TPSA) is 216 Å². The molecule has 0 aromatic rings. The Bertz CT molecular complexity index is 1390. The number of hydrogen-bond donors (Lipinski definition) is 5. The van der Waals surface area contributed by atoms with Gasteiger partial charge >= 0.3 is 27.6 Å². The van der Waals surface area contributed by atoms with E-state index in [0.29, 0.717) is 25.7 Å². The molecule has 0 aromatic heterocycles. The van der Waals surface area contributed by atoms with Crippen LogP contribution >= 0.6 is 15.6 Å². The van der Waals surface area contributed by atoms with Crippen LogP contribution in [-0.2, 0) is 41.8 Å². The quantitative estimate of drug-likeness (QED) is 0.0127. The lowest BCUT2D eigenvalue weighted by Crippen LogP contribution is -2.30. The van der Waals surface area contributed by atoms with Gasteiger partial charge in [-0.25, -0.2) is 9.13 Å². The van der Waals surface area contributed by atoms with Crippen LogP contribution in [0.25, 0.3) is 0 Å². The first kappa shape index (κ1) is 59.5. The zero-order valence-electron chi connectivity index (χ0n) is 37.6. The van der Waals surface area contributed by atoms with Crippen molar-refractivity contribution >= 4 is 27.6 Å². The van der Waals surface area contributed by atoms with Gasteiger partial charge in [0.05, 0.1) is 25.9 Å². The number of phosphoric acid groups is 2. The largest absolute Gasteiger partial charge is 0.472 e. The van der Waals surface area contributed by atoms with Gasteiger partial charge in [-0.15, -0.1) is 0 Å². The van der Waals surface area contributed by atoms with Crippen LogP contribution in [0, 0.1) is 0 Å². The van der Waals surface area contributed by atoms with E-state index in [1.807, 2.05) is 37.3 Å². The predicted octanol–water partition coefficient (Wildman–Crippen LogP) is 10.8. The Morgan fingerprint density at radius 2 is 1.02 bits per heavy atom. The smallest absolute Gasteiger partial charge is 0.462 e. The SMILES string of the molecule is CCCCCCCC/C=C\CCCCCCCCCC(=O)O[C@H](COC(=O)CCC/C=C\C/C=C\C/C=C\C/C=C\C=C\[C@@H](O)CC)COP(=O)(O)OC[C@@H](O)COP(=O)(O)O. The first-order valence-corrected chi connectivity index (χ1v) is 25.8. The molecule has 4 atom stereocenters. The zero-order chi connectivity index (χ0) is 46.0. The number of phosphoric ester groups is 2. The highest BCUT2D eigenvalue weighted by atomic mass is 31.2. The van der Waals surface area contributed by atoms with Gasteiger partial charge in [0.1, 0.15) is 12.7 Å². The summed E-state index contributed by atoms with van der Waals surface area (Å²) in [5.74, 6) is -1.13. The Morgan fingerprint density at radius 1 is 0.532 bits per heavy atom. The summed E-state index contributed by atoms with van der Waals surface area (Å²) < 4.78 is 47.7. The van der Waals surface area contributed by atoms with Crippen LogP contribution in [0.1, 0.15) is 162 Å². The number of unbranched alkanes of at least 4 members (excludes halogenated alkanes) is 14. The number of allylic oxidation sites excluding steroid dienone is 11. The van der Waals surface area contributed by atoms with Crippen molar-refractivity contribution in [3.8, 4) is 0 Å². The maximum atomic E-state index is 12.7. The van der Waals surface area contributed by atoms with Crippen LogP contribution in [0.15, 0.2) is 72.9 Å². The molecule has 0 heterocycles. The van der Waals surface area contributed by atoms with E-state index in [1.165, 1.54) is 57.8 Å². The second-order valence-corrected chi connectivity index (χ2v) is 17.8. The third-order valence-electron chi connectivity index (χ3n) is 9.23. The van der Waals surface area contributed by atoms with E-state index in [1.54, 1.807) is 6.08 Å². The van der Waals surface area contributed by atoms with Crippen molar-refractivity contribution in [3.63, 3.8) is 0 Å². The fraction of sp³-hybridized carbons (Fsp3) is 0.696. The Hall–Kier alpha value is -2.48. The van der Waals surface area contributed by atoms with Crippen molar-refractivity contribution in [2.75, 3.05) is 26.4 Å². The van der Waals surface area contributed by atoms with Crippen LogP contribution in [-0.4, -0.2) is 81.6 Å². The predicted molar refractivity (Wildman–Crippen MR) is 245 cm³/mol. The average Bonchev–Trinajstić information content (AvgIpc) is 3.23. The van der Waals surface area contributed by atoms with Crippen molar-refractivity contribution in [2.24, 2.45) is 0 Å². The van der Waals surface area contributed by atoms with Crippen LogP contribution < -0.4 is 0 Å². The molecule has 0 fully saturated rings. The maximum absolute atomic E-state index is 12.7. The van der Waals surface area contributed by atoms with Gasteiger partial charge in [0.15, 0.2) is 6.10 Å². The number of esters is 2. The van der Waals surface area contributed by atoms with Crippen molar-refractivity contribution in [1.29, 1.82) is 0 Å². The van der Waals surface area contributed by atoms with Crippen molar-refractivity contribution in [1.82, 2.24) is 0 Å². The monoisotopic (exact) mass is 919 g/mol. The Kier molecular flexibility index (Phi) is 39.6. The van der Waals surface area contributed by atoms with Gasteiger partial charge in [0, 0.05) is 12.8 Å². The molecule has 16 heteroatoms. The summed E-state index contributed by atoms with van der Waals surface area (Å²) in [7, 11) is -9.71. The highest BCUT2D eigenvalue weighted by Crippen LogP contribution is 2.43. The molecule has 1 unspecified atom stereocenters. The summed E-state index contributed by atoms with van der Waals surface area (Å²) in [6.45, 7) is 1.35. The van der Waals surface area contributed by atoms with Gasteiger partial charge in [0.25, 0.3) is 0 Å². The van der Waals surface area contributed by atoms with E-state index in [2.05, 4.69) is 52.4 Å². The van der Waals surface area contributed by atoms with E-state index in [0.717, 1.165) is 51.4 Å². The summed E-state index contributed by atoms with van der Waals surface area (Å²) in [6, 6.07) is 0. The van der Waals surface area contributed by atoms with Gasteiger partial charge < -0.3 is 34.4 Å². The number of ether oxygens (including phenoxy) is 2. The normalized spacial score (nSPS) is 15.1. The van der Waals surface area contributed by atoms with Gasteiger partial charge in [0.2, 0.25) is 0 Å². The molecule has 0 aliphatic heterocycles. The lowest BCUT2D eigenvalue weighted by molar-refractivity contribution is -0.161. The fourth-order valence-electron chi connectivity index (χ4n) is 5.62. The number of aliphatic hydroxyl groups excluding tert-OH is 2. The fourth-order valence-corrected chi connectivity index (χ4v) is 6.78. The van der Waals surface area contributed by atoms with E-state index in [9.17, 15) is 33.8 Å². The maximum Gasteiger partial charge on any atom is 0.472 e. The molecule has 5 N–H and O–H groups in total. The molecule has 0 saturated heterocycles. The summed E-state index contributed by atoms with van der Waals surface area (Å²) in [5.41, 5.74) is 0. The third-order valence-corrected chi connectivity index (χ3v) is 10.7. The molecule has 0 radical (unpaired) electrons. The minimum atomic E-state index is -4.88. The van der Waals surface area contributed by atoms with E-state index >= 15 is 0 Å². The van der Waals surface area contributed by atoms with E-state index < -0.39 is 72.3 Å². The van der Waals surface area contributed by atoms with Gasteiger partial charge in [-0.05, 0) is 70.6 Å². The number of aliphatic hydroxyl groups is 2. The lowest BCUT2D eigenvalue weighted by Gasteiger charge is -2.20. The molecule has 0 rings (SSSR count). The molecule has 14 nitrogen and oxygen atoms in total. The lowest BCUT2D eigenvalue weighted by atomic mass is 10.1. The number of carbonyl (C=O) groups is 2. The highest BCUT2D eigenvalue weighted by molar-refractivity contribution is 7.47. The Balaban J connectivity index is 4.61. The molecule has 62 heavy (non-hydrogen) atoms. The van der Waals surface area contributed by atoms with Crippen LogP contribution in [0.5, 0.6) is 0 Å². The number of hydrogen-bond acceptors (Lipinski definition) is 11. The number of rotatable bonds is 42. The van der Waals surface area contributed by atoms with Crippen LogP contribution in [0.2, 0.25) is 0 Å². The summed E-state index contributed by atoms with van der Waals surface area (Å²) >= 11 is 0. The molecule has 0 aromatic carbocycles. The van der Waals surface area contributed by atoms with Crippen molar-refractivity contribution in [3.05, 3.63) is 72.9 Å². The summed E-state index contributed by atoms with van der Waals surface area (Å²) in [5, 5.41) is 19.2. The van der Waals surface area contributed by atoms with E-state index in [4.69, 9.17) is 23.8 Å². The van der Waals surface area contributed by atoms with Crippen LogP contribution in [0.3, 0.4) is 0 Å². The molecule has 0 aliphatic rings. The minimum Gasteiger partial charge on any atom is -0.462 e. The molecular weight excluding hydrogens is 838 g/mol. The average molecular weight is 919 g/mol. The van der Waals surface area contributed by atoms with Crippen molar-refractivity contribution in [2.45, 2.75) is 180 Å². The molecule has 0 amide bonds. The first-order valence-electron chi connectivity index (χ1n) is 22.7. The standard InChI is InChI=1S/C46H80O14P2/c1-3-5-6-7-8-9-10-11-12-13-14-19-22-25-28-31-34-37-46(50)60-44(41-59-62(54,55)58-39-43(48)38-57-61(51,52)53)40-56-45(49)36-33-30-27-24-21-18-16-15-17-20-23-26-29-32-35-42(47)4-2/h11-12,16-18,20,24,26-27,29,32,35,42-44,47-48H,3-10,13-15,19,21-23,25,28,30-31,33-34,36-41H2,1-2H3,(H,54,55)(H2,51,52,53)/b12-11-,18-16-,20-17-,27-24-,29-26-,35-32+/t42-,43-,44+/m0/s1. The van der Waals surface area contributed by atoms with Crippen molar-refractivity contribution < 1.29 is 66.7 Å². The number of carbonyl (C=O) groups excluding carboxylic acids is 2. The van der Waals surface area contributed by atoms with Crippen LogP contribution in [0.4, 0.5) is 0 Å². The molecule has 0 saturated carbocycles. The molecule has 0 bridgehead atoms. The molecule has 0 spiro atoms. The molecule has 358 valence electrons. The summed E-state index contributed by atoms with van der Waals surface area (Å²) in [6.07, 6.45) is 42.7. The van der Waals surface area contributed by atoms with Gasteiger partial charge in [-0.3, -0.25) is 23.2 Å². The first-order chi connectivity index (χ1) is 29.8. The van der Waals surface area contributed by atoms with Gasteiger partial charge in [-0.2, -0.15) is 0 Å². The second-order valence-electron chi connectivity index (χ2n) is 15.1. The highest BCUT2D eigenvalue weighted by Gasteiger charge is 2.28. The zero-order valence-corrected chi connectivity index (χ0v) is 39.3. The van der Waals surface area contributed by atoms with E-state index in [-0.39, 0.29) is 12.8 Å². The molecule has 0 aliphatic carbocycles. The minimum absolute atomic E-state index is 0.0993. The molecular formula is C46H80O14P2. The van der Waals surface area contributed by atoms with Gasteiger partial charge in [-0.1, -0.05) is 151 Å². The summed E-state index contributed by atoms with van der Waals surface area (Å²) in [4.78, 5) is 52.7. The Morgan fingerprint density at radius 3 is 1.61 bits per heavy atom.